The molecule has 0 radical (unpaired) electrons. The smallest absolute Gasteiger partial charge is 0.185 e. The Hall–Kier alpha value is -2.63. The van der Waals surface area contributed by atoms with Gasteiger partial charge in [-0.05, 0) is 99.3 Å². The maximum atomic E-state index is 12.8. The summed E-state index contributed by atoms with van der Waals surface area (Å²) < 4.78 is 5.19. The average molecular weight is 477 g/mol. The van der Waals surface area contributed by atoms with Crippen molar-refractivity contribution in [2.45, 2.75) is 58.5 Å². The minimum atomic E-state index is -0.0401. The van der Waals surface area contributed by atoms with E-state index in [0.29, 0.717) is 11.3 Å². The van der Waals surface area contributed by atoms with Crippen LogP contribution < -0.4 is 4.74 Å². The summed E-state index contributed by atoms with van der Waals surface area (Å²) in [5.74, 6) is 1.86. The van der Waals surface area contributed by atoms with Crippen LogP contribution in [0.2, 0.25) is 0 Å². The molecule has 1 N–H and O–H groups in total. The van der Waals surface area contributed by atoms with E-state index in [-0.39, 0.29) is 5.78 Å². The highest BCUT2D eigenvalue weighted by atomic mass is 16.5. The van der Waals surface area contributed by atoms with E-state index in [1.807, 2.05) is 6.08 Å². The van der Waals surface area contributed by atoms with E-state index < -0.39 is 0 Å². The van der Waals surface area contributed by atoms with Crippen LogP contribution in [0.5, 0.6) is 11.5 Å². The standard InChI is InChI=1S/C30H40N2O3/c1-3-23-8-7-17-32(20-23)22-27-19-24(9-14-29(33)25-10-12-28(35-2)13-11-25)18-26(30(27)34)21-31-15-5-4-6-16-31/h9-14,18-19,23,34H,3-8,15-17,20-22H2,1-2H3/b14-9+. The van der Waals surface area contributed by atoms with Crippen molar-refractivity contribution in [3.05, 3.63) is 64.7 Å². The highest BCUT2D eigenvalue weighted by Crippen LogP contribution is 2.30. The van der Waals surface area contributed by atoms with Crippen molar-refractivity contribution in [1.82, 2.24) is 9.80 Å². The topological polar surface area (TPSA) is 53.0 Å². The van der Waals surface area contributed by atoms with Crippen LogP contribution >= 0.6 is 0 Å². The lowest BCUT2D eigenvalue weighted by Gasteiger charge is -2.33. The van der Waals surface area contributed by atoms with E-state index in [9.17, 15) is 9.90 Å². The van der Waals surface area contributed by atoms with E-state index in [0.717, 1.165) is 67.6 Å². The number of allylic oxidation sites excluding steroid dienone is 1. The zero-order valence-corrected chi connectivity index (χ0v) is 21.3. The van der Waals surface area contributed by atoms with Crippen molar-refractivity contribution in [2.75, 3.05) is 33.3 Å². The van der Waals surface area contributed by atoms with Gasteiger partial charge in [-0.15, -0.1) is 0 Å². The molecule has 2 saturated heterocycles. The van der Waals surface area contributed by atoms with E-state index in [1.54, 1.807) is 37.5 Å². The number of carbonyl (C=O) groups is 1. The highest BCUT2D eigenvalue weighted by Gasteiger charge is 2.21. The second-order valence-corrected chi connectivity index (χ2v) is 10.1. The molecule has 5 heteroatoms. The first-order valence-electron chi connectivity index (χ1n) is 13.2. The minimum Gasteiger partial charge on any atom is -0.507 e. The first-order valence-corrected chi connectivity index (χ1v) is 13.2. The predicted octanol–water partition coefficient (Wildman–Crippen LogP) is 5.90. The predicted molar refractivity (Wildman–Crippen MR) is 142 cm³/mol. The van der Waals surface area contributed by atoms with Gasteiger partial charge in [0, 0.05) is 36.3 Å². The summed E-state index contributed by atoms with van der Waals surface area (Å²) >= 11 is 0. The number of phenolic OH excluding ortho intramolecular Hbond substituents is 1. The third-order valence-electron chi connectivity index (χ3n) is 7.51. The van der Waals surface area contributed by atoms with Gasteiger partial charge in [-0.25, -0.2) is 0 Å². The number of methoxy groups -OCH3 is 1. The van der Waals surface area contributed by atoms with Crippen molar-refractivity contribution < 1.29 is 14.6 Å². The Kier molecular flexibility index (Phi) is 9.00. The number of benzene rings is 2. The molecule has 1 atom stereocenters. The molecule has 5 nitrogen and oxygen atoms in total. The van der Waals surface area contributed by atoms with Crippen molar-refractivity contribution in [3.63, 3.8) is 0 Å². The fourth-order valence-corrected chi connectivity index (χ4v) is 5.38. The number of aromatic hydroxyl groups is 1. The Morgan fingerprint density at radius 2 is 1.66 bits per heavy atom. The van der Waals surface area contributed by atoms with Crippen molar-refractivity contribution in [1.29, 1.82) is 0 Å². The molecule has 2 aliphatic heterocycles. The fraction of sp³-hybridized carbons (Fsp3) is 0.500. The highest BCUT2D eigenvalue weighted by molar-refractivity contribution is 6.06. The molecule has 0 saturated carbocycles. The summed E-state index contributed by atoms with van der Waals surface area (Å²) in [6.07, 6.45) is 11.0. The zero-order valence-electron chi connectivity index (χ0n) is 21.3. The number of nitrogens with zero attached hydrogens (tertiary/aromatic N) is 2. The van der Waals surface area contributed by atoms with Crippen LogP contribution in [0.15, 0.2) is 42.5 Å². The van der Waals surface area contributed by atoms with Crippen LogP contribution in [-0.2, 0) is 13.1 Å². The van der Waals surface area contributed by atoms with E-state index in [2.05, 4.69) is 28.9 Å². The Labute approximate surface area is 210 Å². The maximum Gasteiger partial charge on any atom is 0.185 e. The summed E-state index contributed by atoms with van der Waals surface area (Å²) in [6.45, 7) is 8.10. The van der Waals surface area contributed by atoms with Crippen LogP contribution in [0.1, 0.15) is 72.5 Å². The molecule has 2 aromatic rings. The largest absolute Gasteiger partial charge is 0.507 e. The Morgan fingerprint density at radius 3 is 2.31 bits per heavy atom. The third kappa shape index (κ3) is 6.96. The quantitative estimate of drug-likeness (QED) is 0.360. The maximum absolute atomic E-state index is 12.8. The van der Waals surface area contributed by atoms with Gasteiger partial charge in [0.1, 0.15) is 11.5 Å². The Bertz CT molecular complexity index is 1010. The summed E-state index contributed by atoms with van der Waals surface area (Å²) in [5, 5.41) is 11.2. The number of phenols is 1. The van der Waals surface area contributed by atoms with Gasteiger partial charge in [0.05, 0.1) is 7.11 Å². The van der Waals surface area contributed by atoms with Crippen LogP contribution in [0, 0.1) is 5.92 Å². The molecule has 0 spiro atoms. The normalized spacial score (nSPS) is 19.8. The number of hydrogen-bond donors (Lipinski definition) is 1. The summed E-state index contributed by atoms with van der Waals surface area (Å²) in [4.78, 5) is 17.7. The van der Waals surface area contributed by atoms with E-state index in [4.69, 9.17) is 4.74 Å². The second kappa shape index (κ2) is 12.4. The summed E-state index contributed by atoms with van der Waals surface area (Å²) in [7, 11) is 1.62. The number of likely N-dealkylation sites (tertiary alicyclic amines) is 2. The van der Waals surface area contributed by atoms with Gasteiger partial charge in [0.15, 0.2) is 5.78 Å². The number of hydrogen-bond acceptors (Lipinski definition) is 5. The van der Waals surface area contributed by atoms with Gasteiger partial charge < -0.3 is 9.84 Å². The number of carbonyl (C=O) groups excluding carboxylic acids is 1. The van der Waals surface area contributed by atoms with E-state index >= 15 is 0 Å². The average Bonchev–Trinajstić information content (AvgIpc) is 2.90. The Balaban J connectivity index is 1.56. The second-order valence-electron chi connectivity index (χ2n) is 10.1. The summed E-state index contributed by atoms with van der Waals surface area (Å²) in [6, 6.07) is 11.3. The molecule has 2 heterocycles. The number of piperidine rings is 2. The fourth-order valence-electron chi connectivity index (χ4n) is 5.38. The molecular weight excluding hydrogens is 436 g/mol. The molecule has 2 aromatic carbocycles. The van der Waals surface area contributed by atoms with Gasteiger partial charge >= 0.3 is 0 Å². The van der Waals surface area contributed by atoms with Crippen LogP contribution in [0.25, 0.3) is 6.08 Å². The lowest BCUT2D eigenvalue weighted by molar-refractivity contribution is 0.104. The summed E-state index contributed by atoms with van der Waals surface area (Å²) in [5.41, 5.74) is 3.53. The molecule has 4 rings (SSSR count). The van der Waals surface area contributed by atoms with Crippen molar-refractivity contribution in [3.8, 4) is 11.5 Å². The van der Waals surface area contributed by atoms with Gasteiger partial charge in [0.25, 0.3) is 0 Å². The van der Waals surface area contributed by atoms with Crippen molar-refractivity contribution >= 4 is 11.9 Å². The number of ether oxygens (including phenoxy) is 1. The number of rotatable bonds is 9. The molecule has 2 aliphatic rings. The van der Waals surface area contributed by atoms with Crippen LogP contribution in [-0.4, -0.2) is 54.0 Å². The third-order valence-corrected chi connectivity index (χ3v) is 7.51. The molecule has 0 aromatic heterocycles. The molecule has 2 fully saturated rings. The van der Waals surface area contributed by atoms with Gasteiger partial charge in [-0.1, -0.05) is 25.8 Å². The molecular formula is C30H40N2O3. The number of ketones is 1. The lowest BCUT2D eigenvalue weighted by Crippen LogP contribution is -2.34. The molecule has 188 valence electrons. The van der Waals surface area contributed by atoms with Gasteiger partial charge in [-0.2, -0.15) is 0 Å². The molecule has 0 aliphatic carbocycles. The molecule has 0 amide bonds. The van der Waals surface area contributed by atoms with Crippen molar-refractivity contribution in [2.24, 2.45) is 5.92 Å². The lowest BCUT2D eigenvalue weighted by atomic mass is 9.94. The zero-order chi connectivity index (χ0) is 24.6. The molecule has 35 heavy (non-hydrogen) atoms. The molecule has 1 unspecified atom stereocenters. The molecule has 0 bridgehead atoms. The Morgan fingerprint density at radius 1 is 1.00 bits per heavy atom. The minimum absolute atomic E-state index is 0.0401. The SMILES string of the molecule is CCC1CCCN(Cc2cc(/C=C/C(=O)c3ccc(OC)cc3)cc(CN3CCCCC3)c2O)C1. The van der Waals surface area contributed by atoms with Crippen LogP contribution in [0.3, 0.4) is 0 Å². The first-order chi connectivity index (χ1) is 17.1. The van der Waals surface area contributed by atoms with Crippen LogP contribution in [0.4, 0.5) is 0 Å². The van der Waals surface area contributed by atoms with Gasteiger partial charge in [0.2, 0.25) is 0 Å². The van der Waals surface area contributed by atoms with Gasteiger partial charge in [-0.3, -0.25) is 14.6 Å². The van der Waals surface area contributed by atoms with E-state index in [1.165, 1.54) is 38.5 Å². The monoisotopic (exact) mass is 476 g/mol. The first kappa shape index (κ1) is 25.5.